The number of benzene rings is 2. The summed E-state index contributed by atoms with van der Waals surface area (Å²) in [7, 11) is 0. The van der Waals surface area contributed by atoms with Crippen molar-refractivity contribution in [2.24, 2.45) is 0 Å². The highest BCUT2D eigenvalue weighted by Crippen LogP contribution is 2.32. The Labute approximate surface area is 135 Å². The standard InChI is InChI=1S/C13H8Cl3FN2S/c14-9-5-11(16)12(6-10(9)15)19-13(20)18-8-3-1-2-7(17)4-8/h1-6H,(H2,18,19,20). The smallest absolute Gasteiger partial charge is 0.175 e. The predicted octanol–water partition coefficient (Wildman–Crippen LogP) is 5.59. The van der Waals surface area contributed by atoms with E-state index in [0.717, 1.165) is 0 Å². The molecule has 0 amide bonds. The molecule has 7 heteroatoms. The van der Waals surface area contributed by atoms with Gasteiger partial charge in [0, 0.05) is 5.69 Å². The number of halogens is 4. The Hall–Kier alpha value is -1.07. The normalized spacial score (nSPS) is 10.2. The van der Waals surface area contributed by atoms with Crippen molar-refractivity contribution >= 4 is 63.5 Å². The average molecular weight is 350 g/mol. The first-order valence-corrected chi connectivity index (χ1v) is 6.98. The molecule has 0 aliphatic rings. The molecule has 0 heterocycles. The second-order valence-corrected chi connectivity index (χ2v) is 5.47. The van der Waals surface area contributed by atoms with Crippen molar-refractivity contribution in [1.82, 2.24) is 0 Å². The zero-order valence-corrected chi connectivity index (χ0v) is 13.0. The van der Waals surface area contributed by atoms with Gasteiger partial charge in [-0.15, -0.1) is 0 Å². The molecule has 0 aromatic heterocycles. The van der Waals surface area contributed by atoms with Crippen LogP contribution in [-0.2, 0) is 0 Å². The van der Waals surface area contributed by atoms with Gasteiger partial charge < -0.3 is 10.6 Å². The van der Waals surface area contributed by atoms with Crippen LogP contribution in [0.5, 0.6) is 0 Å². The minimum absolute atomic E-state index is 0.260. The lowest BCUT2D eigenvalue weighted by Crippen LogP contribution is -2.19. The van der Waals surface area contributed by atoms with E-state index in [1.54, 1.807) is 18.2 Å². The third-order valence-electron chi connectivity index (χ3n) is 2.34. The Morgan fingerprint density at radius 1 is 0.950 bits per heavy atom. The van der Waals surface area contributed by atoms with Gasteiger partial charge in [-0.1, -0.05) is 40.9 Å². The lowest BCUT2D eigenvalue weighted by Gasteiger charge is -2.12. The first-order valence-electron chi connectivity index (χ1n) is 5.44. The number of hydrogen-bond donors (Lipinski definition) is 2. The van der Waals surface area contributed by atoms with Gasteiger partial charge in [0.25, 0.3) is 0 Å². The molecule has 0 atom stereocenters. The molecule has 0 aliphatic carbocycles. The van der Waals surface area contributed by atoms with Gasteiger partial charge >= 0.3 is 0 Å². The summed E-state index contributed by atoms with van der Waals surface area (Å²) in [5, 5.41) is 7.05. The van der Waals surface area contributed by atoms with Crippen molar-refractivity contribution in [2.75, 3.05) is 10.6 Å². The topological polar surface area (TPSA) is 24.1 Å². The summed E-state index contributed by atoms with van der Waals surface area (Å²) < 4.78 is 13.0. The number of nitrogens with one attached hydrogen (secondary N) is 2. The van der Waals surface area contributed by atoms with E-state index in [9.17, 15) is 4.39 Å². The monoisotopic (exact) mass is 348 g/mol. The molecule has 2 rings (SSSR count). The maximum Gasteiger partial charge on any atom is 0.175 e. The fraction of sp³-hybridized carbons (Fsp3) is 0. The Morgan fingerprint density at radius 3 is 2.35 bits per heavy atom. The molecule has 0 saturated heterocycles. The zero-order chi connectivity index (χ0) is 14.7. The minimum Gasteiger partial charge on any atom is -0.332 e. The van der Waals surface area contributed by atoms with Crippen LogP contribution in [0.15, 0.2) is 36.4 Å². The summed E-state index contributed by atoms with van der Waals surface area (Å²) in [4.78, 5) is 0. The Morgan fingerprint density at radius 2 is 1.65 bits per heavy atom. The predicted molar refractivity (Wildman–Crippen MR) is 87.7 cm³/mol. The van der Waals surface area contributed by atoms with Crippen LogP contribution in [0.1, 0.15) is 0 Å². The van der Waals surface area contributed by atoms with Gasteiger partial charge in [-0.25, -0.2) is 4.39 Å². The summed E-state index contributed by atoms with van der Waals surface area (Å²) in [5.74, 6) is -0.356. The van der Waals surface area contributed by atoms with Gasteiger partial charge in [-0.3, -0.25) is 0 Å². The molecular weight excluding hydrogens is 342 g/mol. The highest BCUT2D eigenvalue weighted by molar-refractivity contribution is 7.80. The van der Waals surface area contributed by atoms with Crippen molar-refractivity contribution in [3.05, 3.63) is 57.3 Å². The molecule has 0 bridgehead atoms. The Bertz CT molecular complexity index is 664. The number of hydrogen-bond acceptors (Lipinski definition) is 1. The molecule has 0 radical (unpaired) electrons. The molecule has 104 valence electrons. The zero-order valence-electron chi connectivity index (χ0n) is 9.88. The maximum atomic E-state index is 13.0. The first-order chi connectivity index (χ1) is 9.45. The second-order valence-electron chi connectivity index (χ2n) is 3.84. The van der Waals surface area contributed by atoms with Crippen molar-refractivity contribution in [2.45, 2.75) is 0 Å². The second kappa shape index (κ2) is 6.59. The molecule has 20 heavy (non-hydrogen) atoms. The molecule has 2 N–H and O–H groups in total. The summed E-state index contributed by atoms with van der Waals surface area (Å²) >= 11 is 22.9. The quantitative estimate of drug-likeness (QED) is 0.545. The van der Waals surface area contributed by atoms with Crippen LogP contribution in [0, 0.1) is 5.82 Å². The van der Waals surface area contributed by atoms with E-state index < -0.39 is 0 Å². The molecule has 0 aliphatic heterocycles. The van der Waals surface area contributed by atoms with Gasteiger partial charge in [-0.2, -0.15) is 0 Å². The van der Waals surface area contributed by atoms with Gasteiger partial charge in [-0.05, 0) is 42.5 Å². The number of thiocarbonyl (C=S) groups is 1. The molecular formula is C13H8Cl3FN2S. The van der Waals surface area contributed by atoms with Gasteiger partial charge in [0.1, 0.15) is 5.82 Å². The van der Waals surface area contributed by atoms with E-state index in [1.807, 2.05) is 0 Å². The third-order valence-corrected chi connectivity index (χ3v) is 3.58. The molecule has 2 aromatic carbocycles. The minimum atomic E-state index is -0.356. The Kier molecular flexibility index (Phi) is 5.05. The van der Waals surface area contributed by atoms with Gasteiger partial charge in [0.05, 0.1) is 20.8 Å². The molecule has 0 spiro atoms. The molecule has 0 unspecified atom stereocenters. The van der Waals surface area contributed by atoms with Crippen molar-refractivity contribution in [3.8, 4) is 0 Å². The van der Waals surface area contributed by atoms with Crippen LogP contribution in [0.2, 0.25) is 15.1 Å². The van der Waals surface area contributed by atoms with Crippen LogP contribution >= 0.6 is 47.0 Å². The van der Waals surface area contributed by atoms with Crippen LogP contribution in [0.3, 0.4) is 0 Å². The van der Waals surface area contributed by atoms with E-state index in [1.165, 1.54) is 18.2 Å². The van der Waals surface area contributed by atoms with E-state index in [4.69, 9.17) is 47.0 Å². The van der Waals surface area contributed by atoms with E-state index >= 15 is 0 Å². The van der Waals surface area contributed by atoms with E-state index in [0.29, 0.717) is 26.4 Å². The van der Waals surface area contributed by atoms with Crippen LogP contribution in [0.4, 0.5) is 15.8 Å². The van der Waals surface area contributed by atoms with E-state index in [-0.39, 0.29) is 10.9 Å². The molecule has 2 nitrogen and oxygen atoms in total. The van der Waals surface area contributed by atoms with Gasteiger partial charge in [0.15, 0.2) is 5.11 Å². The van der Waals surface area contributed by atoms with Crippen molar-refractivity contribution < 1.29 is 4.39 Å². The largest absolute Gasteiger partial charge is 0.332 e. The van der Waals surface area contributed by atoms with Gasteiger partial charge in [0.2, 0.25) is 0 Å². The Balaban J connectivity index is 2.10. The number of anilines is 2. The lowest BCUT2D eigenvalue weighted by molar-refractivity contribution is 0.628. The maximum absolute atomic E-state index is 13.0. The summed E-state index contributed by atoms with van der Waals surface area (Å²) in [6, 6.07) is 9.01. The summed E-state index contributed by atoms with van der Waals surface area (Å²) in [6.45, 7) is 0. The van der Waals surface area contributed by atoms with Crippen LogP contribution in [0.25, 0.3) is 0 Å². The van der Waals surface area contributed by atoms with Crippen LogP contribution in [-0.4, -0.2) is 5.11 Å². The van der Waals surface area contributed by atoms with E-state index in [2.05, 4.69) is 10.6 Å². The lowest BCUT2D eigenvalue weighted by atomic mass is 10.3. The van der Waals surface area contributed by atoms with Crippen LogP contribution < -0.4 is 10.6 Å². The summed E-state index contributed by atoms with van der Waals surface area (Å²) in [5.41, 5.74) is 1.04. The fourth-order valence-corrected chi connectivity index (χ4v) is 2.29. The first kappa shape index (κ1) is 15.3. The number of rotatable bonds is 2. The average Bonchev–Trinajstić information content (AvgIpc) is 2.36. The molecule has 2 aromatic rings. The third kappa shape index (κ3) is 3.96. The fourth-order valence-electron chi connectivity index (χ4n) is 1.47. The van der Waals surface area contributed by atoms with Crippen molar-refractivity contribution in [3.63, 3.8) is 0 Å². The molecule has 0 saturated carbocycles. The highest BCUT2D eigenvalue weighted by atomic mass is 35.5. The van der Waals surface area contributed by atoms with Crippen molar-refractivity contribution in [1.29, 1.82) is 0 Å². The molecule has 0 fully saturated rings. The summed E-state index contributed by atoms with van der Waals surface area (Å²) in [6.07, 6.45) is 0. The SMILES string of the molecule is Fc1cccc(NC(=S)Nc2cc(Cl)c(Cl)cc2Cl)c1. The highest BCUT2D eigenvalue weighted by Gasteiger charge is 2.07.